The van der Waals surface area contributed by atoms with Gasteiger partial charge in [-0.25, -0.2) is 0 Å². The van der Waals surface area contributed by atoms with Crippen LogP contribution >= 0.6 is 0 Å². The molecule has 14 heavy (non-hydrogen) atoms. The highest BCUT2D eigenvalue weighted by atomic mass is 16.4. The van der Waals surface area contributed by atoms with Gasteiger partial charge in [0.05, 0.1) is 5.92 Å². The molecular weight excluding hydrogens is 188 g/mol. The fourth-order valence-corrected chi connectivity index (χ4v) is 1.72. The molecule has 1 aliphatic rings. The normalized spacial score (nSPS) is 37.9. The Bertz CT molecular complexity index is 268. The molecular formula is C8H14N2O4. The molecule has 0 aromatic rings. The van der Waals surface area contributed by atoms with E-state index < -0.39 is 29.4 Å². The number of nitrogens with two attached hydrogens (primary N) is 2. The molecule has 0 spiro atoms. The monoisotopic (exact) mass is 202 g/mol. The van der Waals surface area contributed by atoms with E-state index in [1.165, 1.54) is 0 Å². The van der Waals surface area contributed by atoms with Gasteiger partial charge in [-0.3, -0.25) is 9.59 Å². The van der Waals surface area contributed by atoms with Crippen LogP contribution in [-0.4, -0.2) is 33.7 Å². The lowest BCUT2D eigenvalue weighted by molar-refractivity contribution is -0.150. The van der Waals surface area contributed by atoms with Gasteiger partial charge in [-0.2, -0.15) is 0 Å². The second-order valence-corrected chi connectivity index (χ2v) is 3.76. The van der Waals surface area contributed by atoms with Crippen LogP contribution < -0.4 is 11.5 Å². The van der Waals surface area contributed by atoms with Crippen LogP contribution in [0, 0.1) is 5.92 Å². The zero-order valence-corrected chi connectivity index (χ0v) is 7.64. The molecule has 6 N–H and O–H groups in total. The van der Waals surface area contributed by atoms with Crippen LogP contribution in [0.1, 0.15) is 19.3 Å². The fraction of sp³-hybridized carbons (Fsp3) is 0.750. The maximum atomic E-state index is 10.8. The average molecular weight is 202 g/mol. The van der Waals surface area contributed by atoms with Crippen LogP contribution in [0.4, 0.5) is 0 Å². The third-order valence-electron chi connectivity index (χ3n) is 2.85. The van der Waals surface area contributed by atoms with Crippen molar-refractivity contribution in [2.45, 2.75) is 30.8 Å². The predicted molar refractivity (Wildman–Crippen MR) is 47.5 cm³/mol. The van der Waals surface area contributed by atoms with Gasteiger partial charge in [-0.15, -0.1) is 0 Å². The Kier molecular flexibility index (Phi) is 2.77. The van der Waals surface area contributed by atoms with E-state index in [4.69, 9.17) is 21.7 Å². The first-order valence-electron chi connectivity index (χ1n) is 4.38. The summed E-state index contributed by atoms with van der Waals surface area (Å²) in [6.07, 6.45) is 0.504. The van der Waals surface area contributed by atoms with Gasteiger partial charge in [0.2, 0.25) is 0 Å². The molecule has 6 heteroatoms. The Balaban J connectivity index is 2.74. The number of hydrogen-bond donors (Lipinski definition) is 4. The quantitative estimate of drug-likeness (QED) is 0.454. The van der Waals surface area contributed by atoms with Crippen LogP contribution in [0.3, 0.4) is 0 Å². The zero-order chi connectivity index (χ0) is 10.9. The van der Waals surface area contributed by atoms with E-state index in [1.54, 1.807) is 0 Å². The molecule has 1 fully saturated rings. The molecule has 0 radical (unpaired) electrons. The first kappa shape index (κ1) is 10.9. The molecule has 0 aliphatic heterocycles. The molecule has 1 rings (SSSR count). The van der Waals surface area contributed by atoms with Gasteiger partial charge in [-0.05, 0) is 19.3 Å². The molecule has 0 aromatic carbocycles. The topological polar surface area (TPSA) is 127 Å². The van der Waals surface area contributed by atoms with Gasteiger partial charge in [0, 0.05) is 6.04 Å². The Hall–Kier alpha value is -1.14. The van der Waals surface area contributed by atoms with E-state index in [0.717, 1.165) is 0 Å². The largest absolute Gasteiger partial charge is 0.481 e. The minimum Gasteiger partial charge on any atom is -0.481 e. The molecule has 0 amide bonds. The maximum Gasteiger partial charge on any atom is 0.325 e. The highest BCUT2D eigenvalue weighted by Crippen LogP contribution is 2.29. The number of carboxylic acids is 2. The fourth-order valence-electron chi connectivity index (χ4n) is 1.72. The van der Waals surface area contributed by atoms with E-state index >= 15 is 0 Å². The van der Waals surface area contributed by atoms with Crippen LogP contribution in [0.2, 0.25) is 0 Å². The number of rotatable bonds is 2. The lowest BCUT2D eigenvalue weighted by Gasteiger charge is -2.37. The van der Waals surface area contributed by atoms with Crippen molar-refractivity contribution in [2.24, 2.45) is 17.4 Å². The minimum atomic E-state index is -1.47. The van der Waals surface area contributed by atoms with Crippen LogP contribution in [0.25, 0.3) is 0 Å². The molecule has 1 saturated carbocycles. The number of hydrogen-bond acceptors (Lipinski definition) is 4. The Morgan fingerprint density at radius 2 is 1.93 bits per heavy atom. The number of carbonyl (C=O) groups is 2. The number of carboxylic acid groups (broad SMARTS) is 2. The van der Waals surface area contributed by atoms with Crippen molar-refractivity contribution in [3.63, 3.8) is 0 Å². The summed E-state index contributed by atoms with van der Waals surface area (Å²) in [7, 11) is 0. The van der Waals surface area contributed by atoms with Gasteiger partial charge < -0.3 is 21.7 Å². The lowest BCUT2D eigenvalue weighted by atomic mass is 9.74. The molecule has 0 bridgehead atoms. The summed E-state index contributed by atoms with van der Waals surface area (Å²) in [5.74, 6) is -2.66. The van der Waals surface area contributed by atoms with Gasteiger partial charge >= 0.3 is 11.9 Å². The second kappa shape index (κ2) is 3.55. The summed E-state index contributed by atoms with van der Waals surface area (Å²) >= 11 is 0. The zero-order valence-electron chi connectivity index (χ0n) is 7.64. The van der Waals surface area contributed by atoms with Crippen molar-refractivity contribution in [1.82, 2.24) is 0 Å². The van der Waals surface area contributed by atoms with Crippen molar-refractivity contribution in [1.29, 1.82) is 0 Å². The van der Waals surface area contributed by atoms with Crippen molar-refractivity contribution in [2.75, 3.05) is 0 Å². The van der Waals surface area contributed by atoms with E-state index in [0.29, 0.717) is 0 Å². The van der Waals surface area contributed by atoms with Gasteiger partial charge in [0.1, 0.15) is 5.54 Å². The van der Waals surface area contributed by atoms with Crippen LogP contribution in [0.15, 0.2) is 0 Å². The SMILES string of the molecule is NC1CC(C(=O)O)CCC1(N)C(=O)O. The summed E-state index contributed by atoms with van der Waals surface area (Å²) in [5, 5.41) is 17.6. The molecule has 0 saturated heterocycles. The Labute approximate surface area is 80.9 Å². The third-order valence-corrected chi connectivity index (χ3v) is 2.85. The predicted octanol–water partition coefficient (Wildman–Crippen LogP) is -1.02. The molecule has 3 unspecified atom stereocenters. The molecule has 1 aliphatic carbocycles. The first-order chi connectivity index (χ1) is 6.38. The molecule has 0 aromatic heterocycles. The van der Waals surface area contributed by atoms with E-state index in [1.807, 2.05) is 0 Å². The first-order valence-corrected chi connectivity index (χ1v) is 4.38. The third kappa shape index (κ3) is 1.71. The van der Waals surface area contributed by atoms with E-state index in [9.17, 15) is 9.59 Å². The minimum absolute atomic E-state index is 0.112. The van der Waals surface area contributed by atoms with Gasteiger partial charge in [0.25, 0.3) is 0 Å². The van der Waals surface area contributed by atoms with Gasteiger partial charge in [-0.1, -0.05) is 0 Å². The van der Waals surface area contributed by atoms with Crippen molar-refractivity contribution < 1.29 is 19.8 Å². The lowest BCUT2D eigenvalue weighted by Crippen LogP contribution is -2.63. The molecule has 6 nitrogen and oxygen atoms in total. The highest BCUT2D eigenvalue weighted by molar-refractivity contribution is 5.80. The van der Waals surface area contributed by atoms with E-state index in [-0.39, 0.29) is 19.3 Å². The molecule has 3 atom stereocenters. The van der Waals surface area contributed by atoms with Gasteiger partial charge in [0.15, 0.2) is 0 Å². The molecule has 0 heterocycles. The van der Waals surface area contributed by atoms with Crippen molar-refractivity contribution >= 4 is 11.9 Å². The summed E-state index contributed by atoms with van der Waals surface area (Å²) in [6.45, 7) is 0. The summed E-state index contributed by atoms with van der Waals surface area (Å²) in [4.78, 5) is 21.4. The van der Waals surface area contributed by atoms with Crippen LogP contribution in [-0.2, 0) is 9.59 Å². The summed E-state index contributed by atoms with van der Waals surface area (Å²) < 4.78 is 0. The smallest absolute Gasteiger partial charge is 0.325 e. The standard InChI is InChI=1S/C8H14N2O4/c9-5-3-4(6(11)12)1-2-8(5,10)7(13)14/h4-5H,1-3,9-10H2,(H,11,12)(H,13,14). The highest BCUT2D eigenvalue weighted by Gasteiger charge is 2.46. The Morgan fingerprint density at radius 3 is 2.29 bits per heavy atom. The van der Waals surface area contributed by atoms with Crippen molar-refractivity contribution in [3.05, 3.63) is 0 Å². The average Bonchev–Trinajstić information content (AvgIpc) is 2.09. The molecule has 80 valence electrons. The summed E-state index contributed by atoms with van der Waals surface area (Å²) in [5.41, 5.74) is 9.70. The second-order valence-electron chi connectivity index (χ2n) is 3.76. The number of aliphatic carboxylic acids is 2. The Morgan fingerprint density at radius 1 is 1.36 bits per heavy atom. The van der Waals surface area contributed by atoms with Crippen molar-refractivity contribution in [3.8, 4) is 0 Å². The van der Waals surface area contributed by atoms with Crippen LogP contribution in [0.5, 0.6) is 0 Å². The maximum absolute atomic E-state index is 10.8. The van der Waals surface area contributed by atoms with E-state index in [2.05, 4.69) is 0 Å². The summed E-state index contributed by atoms with van der Waals surface area (Å²) in [6, 6.07) is -0.796.